The van der Waals surface area contributed by atoms with E-state index < -0.39 is 6.29 Å². The van der Waals surface area contributed by atoms with Crippen molar-refractivity contribution in [2.24, 2.45) is 5.73 Å². The molecule has 1 aromatic rings. The molecule has 1 unspecified atom stereocenters. The molecule has 4 heteroatoms. The highest BCUT2D eigenvalue weighted by molar-refractivity contribution is 5.75. The van der Waals surface area contributed by atoms with Gasteiger partial charge in [-0.3, -0.25) is 0 Å². The van der Waals surface area contributed by atoms with Gasteiger partial charge in [-0.2, -0.15) is 0 Å². The number of ether oxygens (including phenoxy) is 1. The second-order valence-electron chi connectivity index (χ2n) is 3.70. The highest BCUT2D eigenvalue weighted by Crippen LogP contribution is 2.36. The van der Waals surface area contributed by atoms with Crippen LogP contribution >= 0.6 is 0 Å². The molecule has 0 spiro atoms. The average Bonchev–Trinajstić information content (AvgIpc) is 2.60. The number of aliphatic hydroxyl groups excluding tert-OH is 1. The SMILES string of the molecule is CC/C=C\C1=C(N)OC(O)c2cc(C)oc21. The largest absolute Gasteiger partial charge is 0.461 e. The molecule has 0 aromatic carbocycles. The van der Waals surface area contributed by atoms with E-state index in [9.17, 15) is 5.11 Å². The maximum absolute atomic E-state index is 9.67. The Hall–Kier alpha value is -1.68. The van der Waals surface area contributed by atoms with Gasteiger partial charge in [-0.15, -0.1) is 0 Å². The number of aryl methyl sites for hydroxylation is 1. The highest BCUT2D eigenvalue weighted by Gasteiger charge is 2.27. The fourth-order valence-corrected chi connectivity index (χ4v) is 1.68. The van der Waals surface area contributed by atoms with Crippen molar-refractivity contribution in [3.63, 3.8) is 0 Å². The van der Waals surface area contributed by atoms with E-state index in [0.717, 1.165) is 12.2 Å². The van der Waals surface area contributed by atoms with E-state index >= 15 is 0 Å². The van der Waals surface area contributed by atoms with Crippen LogP contribution in [0.5, 0.6) is 0 Å². The molecule has 1 aliphatic rings. The minimum atomic E-state index is -1.04. The molecule has 86 valence electrons. The van der Waals surface area contributed by atoms with Crippen molar-refractivity contribution in [2.45, 2.75) is 26.6 Å². The van der Waals surface area contributed by atoms with E-state index in [4.69, 9.17) is 14.9 Å². The lowest BCUT2D eigenvalue weighted by atomic mass is 10.1. The van der Waals surface area contributed by atoms with Crippen LogP contribution in [-0.4, -0.2) is 5.11 Å². The Morgan fingerprint density at radius 2 is 2.31 bits per heavy atom. The molecule has 4 nitrogen and oxygen atoms in total. The summed E-state index contributed by atoms with van der Waals surface area (Å²) in [7, 11) is 0. The zero-order valence-electron chi connectivity index (χ0n) is 9.36. The predicted molar refractivity (Wildman–Crippen MR) is 60.0 cm³/mol. The van der Waals surface area contributed by atoms with E-state index in [2.05, 4.69) is 0 Å². The molecule has 0 bridgehead atoms. The zero-order valence-corrected chi connectivity index (χ0v) is 9.36. The molecule has 0 saturated carbocycles. The molecule has 0 aliphatic carbocycles. The van der Waals surface area contributed by atoms with Gasteiger partial charge in [0.2, 0.25) is 6.29 Å². The maximum atomic E-state index is 9.67. The first-order valence-corrected chi connectivity index (χ1v) is 5.25. The monoisotopic (exact) mass is 221 g/mol. The Bertz CT molecular complexity index is 457. The molecule has 1 aliphatic heterocycles. The highest BCUT2D eigenvalue weighted by atomic mass is 16.6. The van der Waals surface area contributed by atoms with Crippen molar-refractivity contribution in [3.8, 4) is 0 Å². The molecule has 1 atom stereocenters. The minimum absolute atomic E-state index is 0.194. The Kier molecular flexibility index (Phi) is 2.75. The molecule has 0 fully saturated rings. The third kappa shape index (κ3) is 1.72. The van der Waals surface area contributed by atoms with Crippen LogP contribution in [0.4, 0.5) is 0 Å². The summed E-state index contributed by atoms with van der Waals surface area (Å²) in [5.41, 5.74) is 7.04. The van der Waals surface area contributed by atoms with Gasteiger partial charge in [0.25, 0.3) is 0 Å². The van der Waals surface area contributed by atoms with E-state index in [1.165, 1.54) is 0 Å². The Morgan fingerprint density at radius 1 is 1.56 bits per heavy atom. The molecule has 2 heterocycles. The van der Waals surface area contributed by atoms with Gasteiger partial charge in [-0.1, -0.05) is 13.0 Å². The first kappa shape index (κ1) is 10.8. The standard InChI is InChI=1S/C12H15NO3/c1-3-4-5-8-10-9(6-7(2)15-10)12(14)16-11(8)13/h4-6,12,14H,3,13H2,1-2H3/b5-4-. The Balaban J connectivity index is 2.50. The van der Waals surface area contributed by atoms with Gasteiger partial charge in [0, 0.05) is 0 Å². The van der Waals surface area contributed by atoms with Crippen molar-refractivity contribution in [1.82, 2.24) is 0 Å². The minimum Gasteiger partial charge on any atom is -0.461 e. The van der Waals surface area contributed by atoms with Gasteiger partial charge < -0.3 is 20.0 Å². The van der Waals surface area contributed by atoms with E-state index in [1.54, 1.807) is 6.07 Å². The van der Waals surface area contributed by atoms with Gasteiger partial charge in [-0.25, -0.2) is 0 Å². The summed E-state index contributed by atoms with van der Waals surface area (Å²) in [5.74, 6) is 1.52. The summed E-state index contributed by atoms with van der Waals surface area (Å²) < 4.78 is 10.7. The van der Waals surface area contributed by atoms with Gasteiger partial charge in [0.15, 0.2) is 5.88 Å². The third-order valence-electron chi connectivity index (χ3n) is 2.42. The number of aliphatic hydroxyl groups is 1. The summed E-state index contributed by atoms with van der Waals surface area (Å²) in [5, 5.41) is 9.67. The smallest absolute Gasteiger partial charge is 0.229 e. The van der Waals surface area contributed by atoms with E-state index in [-0.39, 0.29) is 5.88 Å². The van der Waals surface area contributed by atoms with Crippen LogP contribution in [-0.2, 0) is 4.74 Å². The summed E-state index contributed by atoms with van der Waals surface area (Å²) >= 11 is 0. The van der Waals surface area contributed by atoms with Crippen LogP contribution in [0.1, 0.15) is 36.7 Å². The van der Waals surface area contributed by atoms with Crippen molar-refractivity contribution >= 4 is 5.57 Å². The summed E-state index contributed by atoms with van der Waals surface area (Å²) in [4.78, 5) is 0. The van der Waals surface area contributed by atoms with Crippen molar-refractivity contribution in [1.29, 1.82) is 0 Å². The molecular weight excluding hydrogens is 206 g/mol. The van der Waals surface area contributed by atoms with Crippen LogP contribution in [0.2, 0.25) is 0 Å². The van der Waals surface area contributed by atoms with Crippen LogP contribution in [0.3, 0.4) is 0 Å². The average molecular weight is 221 g/mol. The number of rotatable bonds is 2. The molecule has 1 aromatic heterocycles. The van der Waals surface area contributed by atoms with Gasteiger partial charge in [0.1, 0.15) is 11.5 Å². The van der Waals surface area contributed by atoms with Crippen LogP contribution in [0, 0.1) is 6.92 Å². The van der Waals surface area contributed by atoms with Crippen LogP contribution in [0.25, 0.3) is 5.57 Å². The quantitative estimate of drug-likeness (QED) is 0.803. The lowest BCUT2D eigenvalue weighted by molar-refractivity contribution is -0.0719. The molecular formula is C12H15NO3. The third-order valence-corrected chi connectivity index (χ3v) is 2.42. The Labute approximate surface area is 94.0 Å². The van der Waals surface area contributed by atoms with Crippen LogP contribution in [0.15, 0.2) is 28.5 Å². The topological polar surface area (TPSA) is 68.6 Å². The maximum Gasteiger partial charge on any atom is 0.229 e. The van der Waals surface area contributed by atoms with Crippen molar-refractivity contribution in [3.05, 3.63) is 41.2 Å². The van der Waals surface area contributed by atoms with Gasteiger partial charge >= 0.3 is 0 Å². The van der Waals surface area contributed by atoms with Gasteiger partial charge in [0.05, 0.1) is 11.1 Å². The first-order chi connectivity index (χ1) is 7.63. The second-order valence-corrected chi connectivity index (χ2v) is 3.70. The number of hydrogen-bond donors (Lipinski definition) is 2. The lowest BCUT2D eigenvalue weighted by Gasteiger charge is -2.20. The summed E-state index contributed by atoms with van der Waals surface area (Å²) in [6, 6.07) is 1.76. The fraction of sp³-hybridized carbons (Fsp3) is 0.333. The first-order valence-electron chi connectivity index (χ1n) is 5.25. The normalized spacial score (nSPS) is 20.1. The number of fused-ring (bicyclic) bond motifs is 1. The molecule has 0 amide bonds. The van der Waals surface area contributed by atoms with Crippen LogP contribution < -0.4 is 5.73 Å². The van der Waals surface area contributed by atoms with Crippen molar-refractivity contribution < 1.29 is 14.3 Å². The Morgan fingerprint density at radius 3 is 3.00 bits per heavy atom. The molecule has 16 heavy (non-hydrogen) atoms. The molecule has 2 rings (SSSR count). The zero-order chi connectivity index (χ0) is 11.7. The summed E-state index contributed by atoms with van der Waals surface area (Å²) in [6.45, 7) is 3.85. The second kappa shape index (κ2) is 4.06. The number of nitrogens with two attached hydrogens (primary N) is 1. The predicted octanol–water partition coefficient (Wildman–Crippen LogP) is 2.20. The molecule has 0 saturated heterocycles. The number of hydrogen-bond acceptors (Lipinski definition) is 4. The van der Waals surface area contributed by atoms with E-state index in [1.807, 2.05) is 26.0 Å². The number of furan rings is 1. The fourth-order valence-electron chi connectivity index (χ4n) is 1.68. The van der Waals surface area contributed by atoms with E-state index in [0.29, 0.717) is 16.9 Å². The lowest BCUT2D eigenvalue weighted by Crippen LogP contribution is -2.16. The summed E-state index contributed by atoms with van der Waals surface area (Å²) in [6.07, 6.45) is 3.67. The van der Waals surface area contributed by atoms with Crippen molar-refractivity contribution in [2.75, 3.05) is 0 Å². The molecule has 0 radical (unpaired) electrons. The van der Waals surface area contributed by atoms with Gasteiger partial charge in [-0.05, 0) is 25.5 Å². The molecule has 3 N–H and O–H groups in total. The number of allylic oxidation sites excluding steroid dienone is 3.